The highest BCUT2D eigenvalue weighted by Crippen LogP contribution is 2.21. The topological polar surface area (TPSA) is 78.6 Å². The summed E-state index contributed by atoms with van der Waals surface area (Å²) in [4.78, 5) is 27.8. The molecule has 4 rings (SSSR count). The molecule has 1 atom stereocenters. The van der Waals surface area contributed by atoms with Crippen molar-refractivity contribution < 1.29 is 14.3 Å². The second kappa shape index (κ2) is 9.47. The number of nitrogens with zero attached hydrogens (tertiary/aromatic N) is 4. The zero-order valence-corrected chi connectivity index (χ0v) is 17.6. The van der Waals surface area contributed by atoms with E-state index in [1.165, 1.54) is 4.68 Å². The quantitative estimate of drug-likeness (QED) is 0.692. The molecule has 1 aromatic heterocycles. The summed E-state index contributed by atoms with van der Waals surface area (Å²) in [6.45, 7) is 2.27. The van der Waals surface area contributed by atoms with Gasteiger partial charge < -0.3 is 14.4 Å². The molecule has 2 aromatic rings. The first-order chi connectivity index (χ1) is 14.7. The average molecular weight is 415 g/mol. The number of aromatic nitrogens is 3. The lowest BCUT2D eigenvalue weighted by Gasteiger charge is -2.26. The standard InChI is InChI=1S/C22H30N4O4/c1-29-19-10-5-4-8-17(19)14-24(15-18-9-7-13-30-18)21(27)16-26-22(28)25-12-6-2-3-11-20(25)23-26/h4-5,8,10,18H,2-3,6-7,9,11-16H2,1H3. The maximum Gasteiger partial charge on any atom is 0.346 e. The molecule has 1 saturated heterocycles. The van der Waals surface area contributed by atoms with E-state index < -0.39 is 0 Å². The van der Waals surface area contributed by atoms with Crippen LogP contribution in [-0.2, 0) is 35.6 Å². The number of amides is 1. The lowest BCUT2D eigenvalue weighted by molar-refractivity contribution is -0.134. The Morgan fingerprint density at radius 1 is 1.27 bits per heavy atom. The molecule has 1 aromatic carbocycles. The van der Waals surface area contributed by atoms with Gasteiger partial charge in [-0.15, -0.1) is 0 Å². The van der Waals surface area contributed by atoms with Crippen LogP contribution < -0.4 is 10.4 Å². The summed E-state index contributed by atoms with van der Waals surface area (Å²) < 4.78 is 14.3. The molecule has 8 nitrogen and oxygen atoms in total. The minimum atomic E-state index is -0.186. The highest BCUT2D eigenvalue weighted by molar-refractivity contribution is 5.76. The van der Waals surface area contributed by atoms with Crippen molar-refractivity contribution in [2.24, 2.45) is 0 Å². The predicted octanol–water partition coefficient (Wildman–Crippen LogP) is 1.99. The average Bonchev–Trinajstić information content (AvgIpc) is 3.29. The van der Waals surface area contributed by atoms with Crippen molar-refractivity contribution in [3.8, 4) is 5.75 Å². The highest BCUT2D eigenvalue weighted by atomic mass is 16.5. The number of hydrogen-bond acceptors (Lipinski definition) is 5. The minimum Gasteiger partial charge on any atom is -0.496 e. The first-order valence-electron chi connectivity index (χ1n) is 10.8. The number of rotatable bonds is 7. The normalized spacial score (nSPS) is 18.6. The molecule has 0 spiro atoms. The Bertz CT molecular complexity index is 929. The number of para-hydroxylation sites is 1. The van der Waals surface area contributed by atoms with Crippen LogP contribution in [0.4, 0.5) is 0 Å². The molecule has 2 aliphatic heterocycles. The van der Waals surface area contributed by atoms with Gasteiger partial charge in [0.05, 0.1) is 13.2 Å². The Balaban J connectivity index is 1.54. The van der Waals surface area contributed by atoms with Crippen LogP contribution in [0.25, 0.3) is 0 Å². The van der Waals surface area contributed by atoms with E-state index >= 15 is 0 Å². The van der Waals surface area contributed by atoms with E-state index in [1.54, 1.807) is 16.6 Å². The van der Waals surface area contributed by atoms with Gasteiger partial charge in [0.2, 0.25) is 5.91 Å². The van der Waals surface area contributed by atoms with Gasteiger partial charge in [0.1, 0.15) is 18.1 Å². The molecule has 0 aliphatic carbocycles. The number of fused-ring (bicyclic) bond motifs is 1. The zero-order chi connectivity index (χ0) is 20.9. The lowest BCUT2D eigenvalue weighted by atomic mass is 10.1. The third kappa shape index (κ3) is 4.59. The third-order valence-electron chi connectivity index (χ3n) is 5.92. The number of carbonyl (C=O) groups is 1. The van der Waals surface area contributed by atoms with Crippen molar-refractivity contribution in [1.29, 1.82) is 0 Å². The van der Waals surface area contributed by atoms with Gasteiger partial charge in [-0.05, 0) is 31.7 Å². The van der Waals surface area contributed by atoms with E-state index in [0.29, 0.717) is 19.6 Å². The maximum atomic E-state index is 13.3. The van der Waals surface area contributed by atoms with Crippen molar-refractivity contribution in [1.82, 2.24) is 19.2 Å². The summed E-state index contributed by atoms with van der Waals surface area (Å²) in [5.74, 6) is 1.40. The summed E-state index contributed by atoms with van der Waals surface area (Å²) in [6.07, 6.45) is 5.88. The Hall–Kier alpha value is -2.61. The van der Waals surface area contributed by atoms with Crippen molar-refractivity contribution in [3.05, 3.63) is 46.1 Å². The number of benzene rings is 1. The van der Waals surface area contributed by atoms with E-state index in [2.05, 4.69) is 5.10 Å². The van der Waals surface area contributed by atoms with Gasteiger partial charge in [0, 0.05) is 38.2 Å². The molecular weight excluding hydrogens is 384 g/mol. The summed E-state index contributed by atoms with van der Waals surface area (Å²) >= 11 is 0. The van der Waals surface area contributed by atoms with Gasteiger partial charge in [0.15, 0.2) is 0 Å². The first kappa shape index (κ1) is 20.7. The number of carbonyl (C=O) groups excluding carboxylic acids is 1. The zero-order valence-electron chi connectivity index (χ0n) is 17.6. The fraction of sp³-hybridized carbons (Fsp3) is 0.591. The van der Waals surface area contributed by atoms with Crippen LogP contribution in [0.2, 0.25) is 0 Å². The predicted molar refractivity (Wildman–Crippen MR) is 111 cm³/mol. The van der Waals surface area contributed by atoms with Crippen LogP contribution in [0.15, 0.2) is 29.1 Å². The highest BCUT2D eigenvalue weighted by Gasteiger charge is 2.25. The summed E-state index contributed by atoms with van der Waals surface area (Å²) in [5, 5.41) is 4.47. The third-order valence-corrected chi connectivity index (χ3v) is 5.92. The second-order valence-corrected chi connectivity index (χ2v) is 8.04. The smallest absolute Gasteiger partial charge is 0.346 e. The van der Waals surface area contributed by atoms with Crippen LogP contribution >= 0.6 is 0 Å². The molecule has 1 amide bonds. The van der Waals surface area contributed by atoms with E-state index in [-0.39, 0.29) is 24.2 Å². The molecule has 0 radical (unpaired) electrons. The van der Waals surface area contributed by atoms with Crippen LogP contribution in [-0.4, -0.2) is 51.5 Å². The molecule has 1 unspecified atom stereocenters. The number of hydrogen-bond donors (Lipinski definition) is 0. The van der Waals surface area contributed by atoms with E-state index in [4.69, 9.17) is 9.47 Å². The number of ether oxygens (including phenoxy) is 2. The van der Waals surface area contributed by atoms with Gasteiger partial charge in [0.25, 0.3) is 0 Å². The van der Waals surface area contributed by atoms with Crippen molar-refractivity contribution >= 4 is 5.91 Å². The Labute approximate surface area is 176 Å². The van der Waals surface area contributed by atoms with Gasteiger partial charge in [-0.1, -0.05) is 24.6 Å². The molecule has 8 heteroatoms. The summed E-state index contributed by atoms with van der Waals surface area (Å²) in [5.41, 5.74) is 0.744. The van der Waals surface area contributed by atoms with Crippen molar-refractivity contribution in [3.63, 3.8) is 0 Å². The first-order valence-corrected chi connectivity index (χ1v) is 10.8. The van der Waals surface area contributed by atoms with Crippen LogP contribution in [0.1, 0.15) is 43.5 Å². The molecular formula is C22H30N4O4. The van der Waals surface area contributed by atoms with Crippen molar-refractivity contribution in [2.75, 3.05) is 20.3 Å². The Kier molecular flexibility index (Phi) is 6.52. The Morgan fingerprint density at radius 3 is 2.93 bits per heavy atom. The van der Waals surface area contributed by atoms with E-state index in [1.807, 2.05) is 24.3 Å². The molecule has 30 heavy (non-hydrogen) atoms. The fourth-order valence-corrected chi connectivity index (χ4v) is 4.28. The number of methoxy groups -OCH3 is 1. The lowest BCUT2D eigenvalue weighted by Crippen LogP contribution is -2.40. The molecule has 2 aliphatic rings. The summed E-state index contributed by atoms with van der Waals surface area (Å²) in [7, 11) is 1.63. The molecule has 1 fully saturated rings. The molecule has 0 N–H and O–H groups in total. The molecule has 0 bridgehead atoms. The molecule has 3 heterocycles. The minimum absolute atomic E-state index is 0.0269. The monoisotopic (exact) mass is 414 g/mol. The SMILES string of the molecule is COc1ccccc1CN(CC1CCCO1)C(=O)Cn1nc2n(c1=O)CCCCC2. The van der Waals surface area contributed by atoms with Gasteiger partial charge in [-0.25, -0.2) is 9.48 Å². The van der Waals surface area contributed by atoms with Gasteiger partial charge in [-0.2, -0.15) is 5.10 Å². The Morgan fingerprint density at radius 2 is 2.13 bits per heavy atom. The van der Waals surface area contributed by atoms with Gasteiger partial charge >= 0.3 is 5.69 Å². The fourth-order valence-electron chi connectivity index (χ4n) is 4.28. The van der Waals surface area contributed by atoms with Crippen molar-refractivity contribution in [2.45, 2.75) is 64.3 Å². The largest absolute Gasteiger partial charge is 0.496 e. The van der Waals surface area contributed by atoms with Gasteiger partial charge in [-0.3, -0.25) is 9.36 Å². The molecule has 0 saturated carbocycles. The number of aryl methyl sites for hydroxylation is 1. The van der Waals surface area contributed by atoms with Crippen LogP contribution in [0, 0.1) is 0 Å². The van der Waals surface area contributed by atoms with Crippen LogP contribution in [0.3, 0.4) is 0 Å². The van der Waals surface area contributed by atoms with Crippen LogP contribution in [0.5, 0.6) is 5.75 Å². The molecule has 162 valence electrons. The van der Waals surface area contributed by atoms with E-state index in [9.17, 15) is 9.59 Å². The summed E-state index contributed by atoms with van der Waals surface area (Å²) in [6, 6.07) is 7.69. The maximum absolute atomic E-state index is 13.3. The second-order valence-electron chi connectivity index (χ2n) is 8.04. The van der Waals surface area contributed by atoms with E-state index in [0.717, 1.165) is 62.3 Å².